The predicted octanol–water partition coefficient (Wildman–Crippen LogP) is 2.02. The molecule has 1 aromatic carbocycles. The Hall–Kier alpha value is -2.06. The maximum Gasteiger partial charge on any atom is 0.263 e. The van der Waals surface area contributed by atoms with Crippen LogP contribution in [0, 0.1) is 11.3 Å². The zero-order valence-corrected chi connectivity index (χ0v) is 13.6. The molecule has 0 radical (unpaired) electrons. The molecule has 2 aliphatic rings. The van der Waals surface area contributed by atoms with Gasteiger partial charge in [-0.05, 0) is 38.4 Å². The average Bonchev–Trinajstić information content (AvgIpc) is 2.61. The molecule has 0 saturated carbocycles. The third kappa shape index (κ3) is 3.48. The van der Waals surface area contributed by atoms with Crippen LogP contribution in [0.2, 0.25) is 0 Å². The third-order valence-corrected chi connectivity index (χ3v) is 4.81. The van der Waals surface area contributed by atoms with E-state index < -0.39 is 6.10 Å². The Labute approximate surface area is 137 Å². The van der Waals surface area contributed by atoms with Gasteiger partial charge < -0.3 is 9.64 Å². The number of benzene rings is 1. The van der Waals surface area contributed by atoms with Gasteiger partial charge >= 0.3 is 0 Å². The monoisotopic (exact) mass is 313 g/mol. The first-order valence-electron chi connectivity index (χ1n) is 8.37. The van der Waals surface area contributed by atoms with Gasteiger partial charge in [0.2, 0.25) is 0 Å². The van der Waals surface area contributed by atoms with E-state index in [9.17, 15) is 4.79 Å². The first-order valence-corrected chi connectivity index (χ1v) is 8.37. The summed E-state index contributed by atoms with van der Waals surface area (Å²) in [5.74, 6) is 0.495. The number of piperidine rings is 1. The van der Waals surface area contributed by atoms with Gasteiger partial charge in [-0.2, -0.15) is 5.26 Å². The summed E-state index contributed by atoms with van der Waals surface area (Å²) < 4.78 is 5.76. The number of hydrogen-bond acceptors (Lipinski definition) is 4. The van der Waals surface area contributed by atoms with Crippen LogP contribution in [0.1, 0.15) is 31.7 Å². The lowest BCUT2D eigenvalue weighted by atomic mass is 9.99. The molecule has 122 valence electrons. The minimum absolute atomic E-state index is 0.0166. The molecule has 0 N–H and O–H groups in total. The molecule has 2 atom stereocenters. The van der Waals surface area contributed by atoms with E-state index in [2.05, 4.69) is 11.0 Å². The Morgan fingerprint density at radius 2 is 2.13 bits per heavy atom. The van der Waals surface area contributed by atoms with E-state index in [1.807, 2.05) is 11.0 Å². The first-order chi connectivity index (χ1) is 11.2. The van der Waals surface area contributed by atoms with Crippen LogP contribution < -0.4 is 4.74 Å². The Bertz CT molecular complexity index is 611. The molecule has 2 fully saturated rings. The first kappa shape index (κ1) is 15.8. The minimum atomic E-state index is -0.570. The van der Waals surface area contributed by atoms with Crippen molar-refractivity contribution < 1.29 is 9.53 Å². The van der Waals surface area contributed by atoms with Gasteiger partial charge in [-0.25, -0.2) is 0 Å². The summed E-state index contributed by atoms with van der Waals surface area (Å²) in [6.45, 7) is 5.45. The van der Waals surface area contributed by atoms with Crippen molar-refractivity contribution in [3.8, 4) is 11.8 Å². The second-order valence-electron chi connectivity index (χ2n) is 6.34. The number of hydrogen-bond donors (Lipinski definition) is 0. The minimum Gasteiger partial charge on any atom is -0.480 e. The van der Waals surface area contributed by atoms with Gasteiger partial charge in [0, 0.05) is 25.7 Å². The van der Waals surface area contributed by atoms with Crippen LogP contribution in [0.25, 0.3) is 0 Å². The number of ether oxygens (including phenoxy) is 1. The van der Waals surface area contributed by atoms with E-state index in [4.69, 9.17) is 10.00 Å². The molecule has 2 unspecified atom stereocenters. The second-order valence-corrected chi connectivity index (χ2v) is 6.34. The third-order valence-electron chi connectivity index (χ3n) is 4.81. The highest BCUT2D eigenvalue weighted by molar-refractivity contribution is 5.81. The molecule has 2 saturated heterocycles. The maximum absolute atomic E-state index is 12.7. The molecule has 0 spiro atoms. The van der Waals surface area contributed by atoms with Gasteiger partial charge in [0.1, 0.15) is 11.8 Å². The van der Waals surface area contributed by atoms with E-state index in [0.29, 0.717) is 17.4 Å². The predicted molar refractivity (Wildman–Crippen MR) is 87.0 cm³/mol. The second kappa shape index (κ2) is 7.01. The summed E-state index contributed by atoms with van der Waals surface area (Å²) in [5.41, 5.74) is 0.462. The van der Waals surface area contributed by atoms with Gasteiger partial charge in [-0.3, -0.25) is 9.69 Å². The van der Waals surface area contributed by atoms with Crippen molar-refractivity contribution in [1.29, 1.82) is 5.26 Å². The molecule has 0 bridgehead atoms. The summed E-state index contributed by atoms with van der Waals surface area (Å²) >= 11 is 0. The fraction of sp³-hybridized carbons (Fsp3) is 0.556. The summed E-state index contributed by atoms with van der Waals surface area (Å²) in [6.07, 6.45) is 3.13. The number of amides is 1. The summed E-state index contributed by atoms with van der Waals surface area (Å²) in [7, 11) is 0. The Morgan fingerprint density at radius 3 is 2.96 bits per heavy atom. The quantitative estimate of drug-likeness (QED) is 0.857. The zero-order chi connectivity index (χ0) is 16.2. The number of piperazine rings is 1. The van der Waals surface area contributed by atoms with Gasteiger partial charge in [-0.15, -0.1) is 0 Å². The molecule has 23 heavy (non-hydrogen) atoms. The van der Waals surface area contributed by atoms with Gasteiger partial charge in [0.15, 0.2) is 6.10 Å². The largest absolute Gasteiger partial charge is 0.480 e. The standard InChI is InChI=1S/C18H23N3O2/c1-14(23-17-8-3-2-6-15(17)12-19)18(22)21-11-10-20-9-5-4-7-16(20)13-21/h2-3,6,8,14,16H,4-5,7,9-11,13H2,1H3. The summed E-state index contributed by atoms with van der Waals surface area (Å²) in [6, 6.07) is 9.64. The van der Waals surface area contributed by atoms with Crippen LogP contribution in [-0.4, -0.2) is 54.0 Å². The molecule has 1 aromatic rings. The maximum atomic E-state index is 12.7. The molecule has 5 nitrogen and oxygen atoms in total. The van der Waals surface area contributed by atoms with Crippen molar-refractivity contribution in [3.63, 3.8) is 0 Å². The topological polar surface area (TPSA) is 56.6 Å². The number of fused-ring (bicyclic) bond motifs is 1. The van der Waals surface area contributed by atoms with Crippen LogP contribution in [0.15, 0.2) is 24.3 Å². The molecule has 2 heterocycles. The highest BCUT2D eigenvalue weighted by Gasteiger charge is 2.33. The number of nitrogens with zero attached hydrogens (tertiary/aromatic N) is 3. The van der Waals surface area contributed by atoms with Gasteiger partial charge in [0.25, 0.3) is 5.91 Å². The molecule has 0 aliphatic carbocycles. The fourth-order valence-electron chi connectivity index (χ4n) is 3.52. The normalized spacial score (nSPS) is 22.8. The van der Waals surface area contributed by atoms with Crippen LogP contribution in [0.4, 0.5) is 0 Å². The van der Waals surface area contributed by atoms with Crippen molar-refractivity contribution in [2.24, 2.45) is 0 Å². The summed E-state index contributed by atoms with van der Waals surface area (Å²) in [4.78, 5) is 17.1. The average molecular weight is 313 g/mol. The molecule has 2 aliphatic heterocycles. The van der Waals surface area contributed by atoms with E-state index in [-0.39, 0.29) is 5.91 Å². The number of carbonyl (C=O) groups excluding carboxylic acids is 1. The SMILES string of the molecule is CC(Oc1ccccc1C#N)C(=O)N1CCN2CCCCC2C1. The smallest absolute Gasteiger partial charge is 0.263 e. The lowest BCUT2D eigenvalue weighted by Crippen LogP contribution is -2.57. The van der Waals surface area contributed by atoms with Crippen molar-refractivity contribution in [3.05, 3.63) is 29.8 Å². The Morgan fingerprint density at radius 1 is 1.30 bits per heavy atom. The number of nitriles is 1. The van der Waals surface area contributed by atoms with Crippen molar-refractivity contribution in [2.45, 2.75) is 38.3 Å². The highest BCUT2D eigenvalue weighted by atomic mass is 16.5. The Kier molecular flexibility index (Phi) is 4.82. The lowest BCUT2D eigenvalue weighted by molar-refractivity contribution is -0.141. The molecular weight excluding hydrogens is 290 g/mol. The number of para-hydroxylation sites is 1. The van der Waals surface area contributed by atoms with Crippen LogP contribution in [0.3, 0.4) is 0 Å². The molecule has 5 heteroatoms. The van der Waals surface area contributed by atoms with Crippen LogP contribution >= 0.6 is 0 Å². The number of carbonyl (C=O) groups is 1. The van der Waals surface area contributed by atoms with Crippen molar-refractivity contribution in [2.75, 3.05) is 26.2 Å². The fourth-order valence-corrected chi connectivity index (χ4v) is 3.52. The van der Waals surface area contributed by atoms with E-state index >= 15 is 0 Å². The van der Waals surface area contributed by atoms with Crippen molar-refractivity contribution in [1.82, 2.24) is 9.80 Å². The van der Waals surface area contributed by atoms with Crippen LogP contribution in [-0.2, 0) is 4.79 Å². The molecule has 1 amide bonds. The van der Waals surface area contributed by atoms with Gasteiger partial charge in [-0.1, -0.05) is 18.6 Å². The van der Waals surface area contributed by atoms with Gasteiger partial charge in [0.05, 0.1) is 5.56 Å². The van der Waals surface area contributed by atoms with E-state index in [0.717, 1.165) is 26.2 Å². The number of rotatable bonds is 3. The highest BCUT2D eigenvalue weighted by Crippen LogP contribution is 2.23. The summed E-state index contributed by atoms with van der Waals surface area (Å²) in [5, 5.41) is 9.12. The molecule has 0 aromatic heterocycles. The lowest BCUT2D eigenvalue weighted by Gasteiger charge is -2.44. The van der Waals surface area contributed by atoms with E-state index in [1.54, 1.807) is 25.1 Å². The van der Waals surface area contributed by atoms with Crippen molar-refractivity contribution >= 4 is 5.91 Å². The van der Waals surface area contributed by atoms with Crippen LogP contribution in [0.5, 0.6) is 5.75 Å². The molecular formula is C18H23N3O2. The van der Waals surface area contributed by atoms with E-state index in [1.165, 1.54) is 19.3 Å². The zero-order valence-electron chi connectivity index (χ0n) is 13.6. The molecule has 3 rings (SSSR count). The Balaban J connectivity index is 1.62.